The van der Waals surface area contributed by atoms with Gasteiger partial charge in [-0.3, -0.25) is 14.5 Å². The molecule has 0 spiro atoms. The normalized spacial score (nSPS) is 24.9. The Morgan fingerprint density at radius 2 is 1.95 bits per heavy atom. The molecule has 4 atom stereocenters. The zero-order chi connectivity index (χ0) is 28.7. The summed E-state index contributed by atoms with van der Waals surface area (Å²) >= 11 is 0. The summed E-state index contributed by atoms with van der Waals surface area (Å²) in [7, 11) is -2.82. The number of hydrogen-bond acceptors (Lipinski definition) is 7. The number of nitrogens with zero attached hydrogens (tertiary/aromatic N) is 1. The Hall–Kier alpha value is -3.24. The Labute approximate surface area is 233 Å². The number of aromatic hydroxyl groups is 1. The number of allylic oxidation sites excluding steroid dienone is 2. The van der Waals surface area contributed by atoms with Crippen LogP contribution in [0.25, 0.3) is 6.08 Å². The lowest BCUT2D eigenvalue weighted by Crippen LogP contribution is -2.46. The Morgan fingerprint density at radius 1 is 1.18 bits per heavy atom. The van der Waals surface area contributed by atoms with Gasteiger partial charge in [0.25, 0.3) is 0 Å². The zero-order valence-corrected chi connectivity index (χ0v) is 22.5. The Balaban J connectivity index is 1.39. The van der Waals surface area contributed by atoms with Crippen LogP contribution in [0.3, 0.4) is 0 Å². The number of carbonyl (C=O) groups is 2. The van der Waals surface area contributed by atoms with E-state index in [1.54, 1.807) is 18.2 Å². The molecule has 2 saturated heterocycles. The van der Waals surface area contributed by atoms with Crippen LogP contribution in [0.15, 0.2) is 59.2 Å². The van der Waals surface area contributed by atoms with Crippen molar-refractivity contribution in [1.82, 2.24) is 0 Å². The number of phenolic OH excluding ortho intramolecular Hbond substituents is 1. The molecular formula is C29H32B2FNO7. The number of halogens is 1. The van der Waals surface area contributed by atoms with Gasteiger partial charge in [-0.2, -0.15) is 0 Å². The van der Waals surface area contributed by atoms with Gasteiger partial charge in [0.1, 0.15) is 0 Å². The maximum atomic E-state index is 13.8. The molecule has 2 fully saturated rings. The lowest BCUT2D eigenvalue weighted by Gasteiger charge is -2.42. The van der Waals surface area contributed by atoms with Crippen LogP contribution >= 0.6 is 0 Å². The van der Waals surface area contributed by atoms with Gasteiger partial charge in [0, 0.05) is 0 Å². The van der Waals surface area contributed by atoms with E-state index in [1.807, 2.05) is 19.9 Å². The number of carbonyl (C=O) groups excluding carboxylic acids is 2. The van der Waals surface area contributed by atoms with Crippen LogP contribution in [0.5, 0.6) is 5.75 Å². The van der Waals surface area contributed by atoms with Gasteiger partial charge in [0.15, 0.2) is 11.6 Å². The third-order valence-corrected chi connectivity index (χ3v) is 8.40. The van der Waals surface area contributed by atoms with Crippen molar-refractivity contribution in [3.8, 4) is 5.75 Å². The standard InChI is InChI=1S/C29H32B2FNO7/c1-3-17(12-18-7-9-24(34)23(32)13-18)8-10-25-26-16(2)11-21-27(22(26)15-30(37)40-25)29(36)33(28(21)35)20-6-4-5-19(14-20)31(38)39/h4-7,9,12-14,21-22,25,27,34,37-39H,3,8,10-11,15H2,1-2H3/b17-12+/t21-,22+,25-,27-/m1/s1. The number of fused-ring (bicyclic) bond motifs is 3. The van der Waals surface area contributed by atoms with Gasteiger partial charge >= 0.3 is 14.2 Å². The molecule has 5 rings (SSSR count). The summed E-state index contributed by atoms with van der Waals surface area (Å²) in [6.07, 6.45) is 3.92. The first kappa shape index (κ1) is 28.3. The lowest BCUT2D eigenvalue weighted by molar-refractivity contribution is -0.122. The Morgan fingerprint density at radius 3 is 2.65 bits per heavy atom. The van der Waals surface area contributed by atoms with E-state index >= 15 is 0 Å². The molecule has 4 N–H and O–H groups in total. The monoisotopic (exact) mass is 547 g/mol. The van der Waals surface area contributed by atoms with Crippen molar-refractivity contribution in [2.45, 2.75) is 52.0 Å². The second kappa shape index (κ2) is 11.3. The van der Waals surface area contributed by atoms with Crippen LogP contribution in [-0.2, 0) is 14.2 Å². The summed E-state index contributed by atoms with van der Waals surface area (Å²) < 4.78 is 19.8. The number of imide groups is 1. The first-order chi connectivity index (χ1) is 19.1. The highest BCUT2D eigenvalue weighted by Crippen LogP contribution is 2.51. The number of phenols is 1. The fraction of sp³-hybridized carbons (Fsp3) is 0.379. The summed E-state index contributed by atoms with van der Waals surface area (Å²) in [6.45, 7) is 3.95. The van der Waals surface area contributed by atoms with Crippen LogP contribution in [0.2, 0.25) is 6.32 Å². The Kier molecular flexibility index (Phi) is 8.01. The van der Waals surface area contributed by atoms with Crippen LogP contribution in [0, 0.1) is 23.6 Å². The number of hydrogen-bond donors (Lipinski definition) is 4. The summed E-state index contributed by atoms with van der Waals surface area (Å²) in [4.78, 5) is 28.4. The van der Waals surface area contributed by atoms with Crippen molar-refractivity contribution >= 4 is 43.3 Å². The second-order valence-electron chi connectivity index (χ2n) is 10.9. The molecule has 3 aliphatic rings. The molecule has 1 aliphatic carbocycles. The van der Waals surface area contributed by atoms with Gasteiger partial charge in [0.2, 0.25) is 11.8 Å². The molecule has 0 unspecified atom stereocenters. The van der Waals surface area contributed by atoms with Gasteiger partial charge in [-0.15, -0.1) is 0 Å². The highest BCUT2D eigenvalue weighted by Gasteiger charge is 2.57. The maximum Gasteiger partial charge on any atom is 0.488 e. The molecule has 2 aromatic carbocycles. The molecular weight excluding hydrogens is 515 g/mol. The van der Waals surface area contributed by atoms with E-state index in [-0.39, 0.29) is 29.5 Å². The fourth-order valence-corrected chi connectivity index (χ4v) is 6.52. The molecule has 0 aromatic heterocycles. The van der Waals surface area contributed by atoms with E-state index in [9.17, 15) is 34.2 Å². The van der Waals surface area contributed by atoms with Gasteiger partial charge in [-0.25, -0.2) is 4.39 Å². The Bertz CT molecular complexity index is 1390. The number of amides is 2. The van der Waals surface area contributed by atoms with Gasteiger partial charge in [-0.05, 0) is 85.7 Å². The van der Waals surface area contributed by atoms with E-state index in [1.165, 1.54) is 24.3 Å². The lowest BCUT2D eigenvalue weighted by atomic mass is 9.59. The molecule has 0 bridgehead atoms. The number of rotatable bonds is 7. The zero-order valence-electron chi connectivity index (χ0n) is 22.5. The van der Waals surface area contributed by atoms with E-state index in [0.717, 1.165) is 21.6 Å². The van der Waals surface area contributed by atoms with Gasteiger partial charge in [-0.1, -0.05) is 42.3 Å². The van der Waals surface area contributed by atoms with Crippen LogP contribution in [-0.4, -0.2) is 52.3 Å². The third kappa shape index (κ3) is 5.26. The highest BCUT2D eigenvalue weighted by molar-refractivity contribution is 6.58. The van der Waals surface area contributed by atoms with E-state index in [2.05, 4.69) is 0 Å². The van der Waals surface area contributed by atoms with Crippen LogP contribution in [0.4, 0.5) is 10.1 Å². The third-order valence-electron chi connectivity index (χ3n) is 8.40. The van der Waals surface area contributed by atoms with Crippen molar-refractivity contribution in [2.24, 2.45) is 17.8 Å². The number of benzene rings is 2. The first-order valence-electron chi connectivity index (χ1n) is 13.6. The summed E-state index contributed by atoms with van der Waals surface area (Å²) in [5, 5.41) is 39.3. The molecule has 2 aliphatic heterocycles. The minimum absolute atomic E-state index is 0.180. The first-order valence-corrected chi connectivity index (χ1v) is 13.6. The summed E-state index contributed by atoms with van der Waals surface area (Å²) in [6, 6.07) is 10.3. The molecule has 40 heavy (non-hydrogen) atoms. The molecule has 11 heteroatoms. The summed E-state index contributed by atoms with van der Waals surface area (Å²) in [5.41, 5.74) is 4.09. The molecule has 0 radical (unpaired) electrons. The van der Waals surface area contributed by atoms with Crippen molar-refractivity contribution < 1.29 is 38.8 Å². The smallest absolute Gasteiger partial charge is 0.488 e. The van der Waals surface area contributed by atoms with Crippen LogP contribution < -0.4 is 10.4 Å². The quantitative estimate of drug-likeness (QED) is 0.239. The average molecular weight is 547 g/mol. The van der Waals surface area contributed by atoms with Crippen molar-refractivity contribution in [3.63, 3.8) is 0 Å². The summed E-state index contributed by atoms with van der Waals surface area (Å²) in [5.74, 6) is -3.34. The molecule has 2 amide bonds. The molecule has 208 valence electrons. The van der Waals surface area contributed by atoms with E-state index < -0.39 is 43.7 Å². The molecule has 2 heterocycles. The molecule has 2 aromatic rings. The van der Waals surface area contributed by atoms with Crippen LogP contribution in [0.1, 0.15) is 45.1 Å². The average Bonchev–Trinajstić information content (AvgIpc) is 3.17. The maximum absolute atomic E-state index is 13.8. The van der Waals surface area contributed by atoms with Gasteiger partial charge < -0.3 is 24.8 Å². The fourth-order valence-electron chi connectivity index (χ4n) is 6.52. The van der Waals surface area contributed by atoms with Crippen molar-refractivity contribution in [1.29, 1.82) is 0 Å². The topological polar surface area (TPSA) is 128 Å². The number of anilines is 1. The predicted molar refractivity (Wildman–Crippen MR) is 150 cm³/mol. The highest BCUT2D eigenvalue weighted by atomic mass is 19.1. The molecule has 0 saturated carbocycles. The minimum atomic E-state index is -1.73. The van der Waals surface area contributed by atoms with Gasteiger partial charge in [0.05, 0.1) is 23.6 Å². The molecule has 8 nitrogen and oxygen atoms in total. The van der Waals surface area contributed by atoms with Crippen molar-refractivity contribution in [3.05, 3.63) is 70.6 Å². The minimum Gasteiger partial charge on any atom is -0.505 e. The van der Waals surface area contributed by atoms with E-state index in [4.69, 9.17) is 4.65 Å². The predicted octanol–water partition coefficient (Wildman–Crippen LogP) is 2.81. The van der Waals surface area contributed by atoms with E-state index in [0.29, 0.717) is 36.9 Å². The largest absolute Gasteiger partial charge is 0.505 e. The van der Waals surface area contributed by atoms with Crippen molar-refractivity contribution in [2.75, 3.05) is 4.90 Å². The second-order valence-corrected chi connectivity index (χ2v) is 10.9. The SMILES string of the molecule is CC/C(=C\c1ccc(O)c(F)c1)CC[C@H]1OB(O)C[C@H]2C1=C(C)C[C@H]1C(=O)N(c3cccc(B(O)O)c3)C(=O)[C@H]12.